The molecule has 2 rings (SSSR count). The lowest BCUT2D eigenvalue weighted by molar-refractivity contribution is -0.144. The van der Waals surface area contributed by atoms with E-state index in [1.54, 1.807) is 32.0 Å². The zero-order chi connectivity index (χ0) is 31.6. The number of fused-ring (bicyclic) bond motifs is 2. The molecule has 0 aliphatic carbocycles. The Bertz CT molecular complexity index is 1230. The summed E-state index contributed by atoms with van der Waals surface area (Å²) in [5.41, 5.74) is 9.64. The molecule has 0 saturated carbocycles. The van der Waals surface area contributed by atoms with Crippen molar-refractivity contribution in [1.82, 2.24) is 26.2 Å². The number of aliphatic carboxylic acids is 1. The molecule has 9 N–H and O–H groups in total. The Morgan fingerprint density at radius 1 is 1.14 bits per heavy atom. The van der Waals surface area contributed by atoms with E-state index < -0.39 is 66.1 Å². The lowest BCUT2D eigenvalue weighted by Gasteiger charge is -2.32. The van der Waals surface area contributed by atoms with Crippen molar-refractivity contribution < 1.29 is 33.9 Å². The van der Waals surface area contributed by atoms with Crippen LogP contribution in [0.1, 0.15) is 56.0 Å². The molecule has 1 aromatic rings. The quantitative estimate of drug-likeness (QED) is 0.110. The summed E-state index contributed by atoms with van der Waals surface area (Å²) in [6.07, 6.45) is -0.309. The maximum Gasteiger partial charge on any atom is 0.306 e. The van der Waals surface area contributed by atoms with E-state index in [0.717, 1.165) is 0 Å². The number of hydrogen-bond acceptors (Lipinski definition) is 7. The van der Waals surface area contributed by atoms with Gasteiger partial charge in [0.15, 0.2) is 5.96 Å². The van der Waals surface area contributed by atoms with Crippen molar-refractivity contribution in [3.63, 3.8) is 0 Å². The minimum Gasteiger partial charge on any atom is -0.481 e. The van der Waals surface area contributed by atoms with Gasteiger partial charge in [0, 0.05) is 25.7 Å². The zero-order valence-corrected chi connectivity index (χ0v) is 24.2. The molecular formula is C27H40N8O7. The normalized spacial score (nSPS) is 22.7. The van der Waals surface area contributed by atoms with Crippen LogP contribution in [0.2, 0.25) is 0 Å². The summed E-state index contributed by atoms with van der Waals surface area (Å²) in [6.45, 7) is 4.27. The highest BCUT2D eigenvalue weighted by molar-refractivity contribution is 5.99. The number of carbonyl (C=O) groups excluding carboxylic acids is 5. The molecule has 1 aliphatic heterocycles. The average Bonchev–Trinajstić information content (AvgIpc) is 2.91. The lowest BCUT2D eigenvalue weighted by Crippen LogP contribution is -2.60. The molecule has 5 amide bonds. The maximum absolute atomic E-state index is 13.6. The standard InChI is InChI=1S/C27H40N8O7/c1-15(2)21-24(41)35(4)18(9-6-10-30-26(28)29)23(40)31-14-19(36)34-27(3,12-20(37)38)25(42)32-13-16-7-5-8-17(11-16)22(39)33-21/h5,7-8,11,15,18,21H,6,9-10,12-14H2,1-4H3,(H,31,40)(H,32,42)(H,33,39)(H,34,36)(H,37,38)(H4,28,29,30)/t18-,21+,27-/m0/s1. The van der Waals surface area contributed by atoms with Gasteiger partial charge in [-0.3, -0.25) is 33.8 Å². The molecule has 0 aromatic heterocycles. The minimum atomic E-state index is -1.86. The van der Waals surface area contributed by atoms with Crippen LogP contribution in [0.4, 0.5) is 0 Å². The van der Waals surface area contributed by atoms with E-state index in [2.05, 4.69) is 26.3 Å². The number of carboxylic acids is 1. The molecule has 230 valence electrons. The first kappa shape index (κ1) is 33.5. The van der Waals surface area contributed by atoms with Crippen molar-refractivity contribution in [2.24, 2.45) is 22.4 Å². The number of guanidine groups is 1. The van der Waals surface area contributed by atoms with Crippen LogP contribution in [0.3, 0.4) is 0 Å². The Kier molecular flexibility index (Phi) is 11.8. The summed E-state index contributed by atoms with van der Waals surface area (Å²) in [7, 11) is 1.42. The van der Waals surface area contributed by atoms with Crippen molar-refractivity contribution >= 4 is 41.5 Å². The second-order valence-electron chi connectivity index (χ2n) is 10.7. The van der Waals surface area contributed by atoms with Gasteiger partial charge in [0.2, 0.25) is 23.6 Å². The first-order valence-electron chi connectivity index (χ1n) is 13.4. The van der Waals surface area contributed by atoms with Gasteiger partial charge < -0.3 is 42.7 Å². The molecule has 0 saturated heterocycles. The van der Waals surface area contributed by atoms with E-state index in [4.69, 9.17) is 11.5 Å². The average molecular weight is 589 g/mol. The van der Waals surface area contributed by atoms with E-state index in [0.29, 0.717) is 12.0 Å². The fourth-order valence-electron chi connectivity index (χ4n) is 4.43. The number of nitrogens with zero attached hydrogens (tertiary/aromatic N) is 2. The Hall–Kier alpha value is -4.69. The predicted octanol–water partition coefficient (Wildman–Crippen LogP) is -1.58. The summed E-state index contributed by atoms with van der Waals surface area (Å²) in [5.74, 6) is -5.15. The highest BCUT2D eigenvalue weighted by Crippen LogP contribution is 2.15. The molecule has 1 aromatic carbocycles. The molecule has 1 heterocycles. The summed E-state index contributed by atoms with van der Waals surface area (Å²) in [4.78, 5) is 82.5. The fraction of sp³-hybridized carbons (Fsp3) is 0.519. The van der Waals surface area contributed by atoms with Gasteiger partial charge in [-0.2, -0.15) is 0 Å². The van der Waals surface area contributed by atoms with Crippen LogP contribution >= 0.6 is 0 Å². The number of carbonyl (C=O) groups is 6. The summed E-state index contributed by atoms with van der Waals surface area (Å²) >= 11 is 0. The van der Waals surface area contributed by atoms with Crippen LogP contribution < -0.4 is 32.7 Å². The molecule has 0 unspecified atom stereocenters. The van der Waals surface area contributed by atoms with Gasteiger partial charge in [0.1, 0.15) is 17.6 Å². The largest absolute Gasteiger partial charge is 0.481 e. The SMILES string of the molecule is CC(C)[C@H]1NC(=O)c2cccc(c2)CNC(=O)[C@](C)(CC(=O)O)NC(=O)CNC(=O)[C@H](CCCN=C(N)N)N(C)C1=O. The van der Waals surface area contributed by atoms with Gasteiger partial charge in [-0.15, -0.1) is 0 Å². The first-order chi connectivity index (χ1) is 19.6. The number of benzene rings is 1. The molecule has 0 spiro atoms. The van der Waals surface area contributed by atoms with Crippen molar-refractivity contribution in [2.75, 3.05) is 20.1 Å². The van der Waals surface area contributed by atoms with Crippen LogP contribution in [0.15, 0.2) is 29.3 Å². The third kappa shape index (κ3) is 9.45. The van der Waals surface area contributed by atoms with Gasteiger partial charge in [0.25, 0.3) is 5.91 Å². The zero-order valence-electron chi connectivity index (χ0n) is 24.2. The van der Waals surface area contributed by atoms with Gasteiger partial charge in [-0.25, -0.2) is 0 Å². The highest BCUT2D eigenvalue weighted by Gasteiger charge is 2.38. The Balaban J connectivity index is 2.50. The van der Waals surface area contributed by atoms with Crippen molar-refractivity contribution in [1.29, 1.82) is 0 Å². The third-order valence-electron chi connectivity index (χ3n) is 6.75. The van der Waals surface area contributed by atoms with Crippen molar-refractivity contribution in [2.45, 2.75) is 64.2 Å². The Labute approximate surface area is 243 Å². The number of amides is 5. The van der Waals surface area contributed by atoms with E-state index in [1.807, 2.05) is 0 Å². The maximum atomic E-state index is 13.6. The van der Waals surface area contributed by atoms with Crippen LogP contribution in [-0.2, 0) is 30.5 Å². The predicted molar refractivity (Wildman–Crippen MR) is 153 cm³/mol. The molecule has 42 heavy (non-hydrogen) atoms. The molecule has 0 fully saturated rings. The Morgan fingerprint density at radius 2 is 1.83 bits per heavy atom. The first-order valence-corrected chi connectivity index (χ1v) is 13.4. The third-order valence-corrected chi connectivity index (χ3v) is 6.75. The van der Waals surface area contributed by atoms with Crippen LogP contribution in [0, 0.1) is 5.92 Å². The molecule has 2 bridgehead atoms. The van der Waals surface area contributed by atoms with E-state index in [-0.39, 0.29) is 37.0 Å². The number of hydrogen-bond donors (Lipinski definition) is 7. The fourth-order valence-corrected chi connectivity index (χ4v) is 4.43. The molecular weight excluding hydrogens is 548 g/mol. The van der Waals surface area contributed by atoms with Gasteiger partial charge >= 0.3 is 5.97 Å². The van der Waals surface area contributed by atoms with E-state index in [9.17, 15) is 33.9 Å². The highest BCUT2D eigenvalue weighted by atomic mass is 16.4. The minimum absolute atomic E-state index is 0.0709. The molecule has 3 atom stereocenters. The number of nitrogens with one attached hydrogen (secondary N) is 4. The number of rotatable bonds is 7. The van der Waals surface area contributed by atoms with Gasteiger partial charge in [0.05, 0.1) is 13.0 Å². The second kappa shape index (κ2) is 14.8. The molecule has 15 heteroatoms. The summed E-state index contributed by atoms with van der Waals surface area (Å²) in [6, 6.07) is 4.26. The van der Waals surface area contributed by atoms with Crippen LogP contribution in [-0.4, -0.2) is 89.2 Å². The van der Waals surface area contributed by atoms with Crippen molar-refractivity contribution in [3.05, 3.63) is 35.4 Å². The molecule has 0 radical (unpaired) electrons. The topological polar surface area (TPSA) is 238 Å². The van der Waals surface area contributed by atoms with E-state index in [1.165, 1.54) is 24.9 Å². The number of aliphatic imine (C=N–C) groups is 1. The van der Waals surface area contributed by atoms with Gasteiger partial charge in [-0.05, 0) is 43.4 Å². The number of carboxylic acid groups (broad SMARTS) is 1. The summed E-state index contributed by atoms with van der Waals surface area (Å²) in [5, 5.41) is 19.6. The van der Waals surface area contributed by atoms with Crippen LogP contribution in [0.5, 0.6) is 0 Å². The lowest BCUT2D eigenvalue weighted by atomic mass is 9.96. The number of likely N-dealkylation sites (N-methyl/N-ethyl adjacent to an activating group) is 1. The van der Waals surface area contributed by atoms with Crippen LogP contribution in [0.25, 0.3) is 0 Å². The number of nitrogens with two attached hydrogens (primary N) is 2. The summed E-state index contributed by atoms with van der Waals surface area (Å²) < 4.78 is 0. The molecule has 15 nitrogen and oxygen atoms in total. The van der Waals surface area contributed by atoms with Gasteiger partial charge in [-0.1, -0.05) is 26.0 Å². The van der Waals surface area contributed by atoms with Crippen molar-refractivity contribution in [3.8, 4) is 0 Å². The van der Waals surface area contributed by atoms with E-state index >= 15 is 0 Å². The second-order valence-corrected chi connectivity index (χ2v) is 10.7. The smallest absolute Gasteiger partial charge is 0.306 e. The Morgan fingerprint density at radius 3 is 2.45 bits per heavy atom. The molecule has 1 aliphatic rings. The monoisotopic (exact) mass is 588 g/mol.